The fourth-order valence-electron chi connectivity index (χ4n) is 2.10. The zero-order valence-electron chi connectivity index (χ0n) is 8.92. The molecule has 0 bridgehead atoms. The minimum atomic E-state index is -3.01. The first-order chi connectivity index (χ1) is 7.62. The van der Waals surface area contributed by atoms with Gasteiger partial charge in [-0.05, 0) is 31.5 Å². The highest BCUT2D eigenvalue weighted by molar-refractivity contribution is 5.36. The molecule has 1 aliphatic heterocycles. The van der Waals surface area contributed by atoms with Crippen molar-refractivity contribution in [3.63, 3.8) is 0 Å². The van der Waals surface area contributed by atoms with Gasteiger partial charge in [-0.2, -0.15) is 8.78 Å². The Morgan fingerprint density at radius 2 is 2.00 bits per heavy atom. The first-order valence-corrected chi connectivity index (χ1v) is 5.52. The Bertz CT molecular complexity index is 362. The van der Waals surface area contributed by atoms with Crippen molar-refractivity contribution < 1.29 is 13.9 Å². The van der Waals surface area contributed by atoms with Gasteiger partial charge in [0.15, 0.2) is 0 Å². The van der Waals surface area contributed by atoms with Crippen molar-refractivity contribution in [2.24, 2.45) is 0 Å². The maximum atomic E-state index is 14.1. The van der Waals surface area contributed by atoms with Crippen molar-refractivity contribution >= 4 is 0 Å². The van der Waals surface area contributed by atoms with E-state index >= 15 is 0 Å². The van der Waals surface area contributed by atoms with Gasteiger partial charge in [-0.1, -0.05) is 18.6 Å². The third-order valence-electron chi connectivity index (χ3n) is 3.01. The maximum absolute atomic E-state index is 14.1. The molecule has 1 aromatic carbocycles. The zero-order chi connectivity index (χ0) is 11.6. The van der Waals surface area contributed by atoms with E-state index in [1.165, 1.54) is 18.2 Å². The van der Waals surface area contributed by atoms with Crippen molar-refractivity contribution in [3.05, 3.63) is 29.8 Å². The van der Waals surface area contributed by atoms with Gasteiger partial charge in [0.25, 0.3) is 5.92 Å². The lowest BCUT2D eigenvalue weighted by atomic mass is 9.93. The van der Waals surface area contributed by atoms with E-state index < -0.39 is 12.0 Å². The summed E-state index contributed by atoms with van der Waals surface area (Å²) in [6, 6.07) is 4.78. The number of piperidine rings is 1. The van der Waals surface area contributed by atoms with Crippen molar-refractivity contribution in [3.8, 4) is 5.75 Å². The molecular weight excluding hydrogens is 212 g/mol. The van der Waals surface area contributed by atoms with Gasteiger partial charge in [0.1, 0.15) is 5.75 Å². The summed E-state index contributed by atoms with van der Waals surface area (Å²) < 4.78 is 28.2. The minimum absolute atomic E-state index is 0.283. The lowest BCUT2D eigenvalue weighted by Crippen LogP contribution is -2.45. The second-order valence-electron chi connectivity index (χ2n) is 4.14. The van der Waals surface area contributed by atoms with Gasteiger partial charge in [-0.3, -0.25) is 0 Å². The predicted molar refractivity (Wildman–Crippen MR) is 57.6 cm³/mol. The summed E-state index contributed by atoms with van der Waals surface area (Å²) >= 11 is 0. The van der Waals surface area contributed by atoms with Crippen LogP contribution in [0.1, 0.15) is 24.8 Å². The van der Waals surface area contributed by atoms with Gasteiger partial charge < -0.3 is 10.4 Å². The number of rotatable bonds is 2. The molecule has 1 unspecified atom stereocenters. The molecule has 4 heteroatoms. The van der Waals surface area contributed by atoms with Crippen LogP contribution in [-0.2, 0) is 5.92 Å². The number of benzene rings is 1. The van der Waals surface area contributed by atoms with Crippen LogP contribution in [0, 0.1) is 0 Å². The van der Waals surface area contributed by atoms with Crippen molar-refractivity contribution in [2.45, 2.75) is 31.2 Å². The normalized spacial score (nSPS) is 22.0. The molecule has 0 aromatic heterocycles. The summed E-state index contributed by atoms with van der Waals surface area (Å²) in [6.45, 7) is 0.619. The Morgan fingerprint density at radius 3 is 2.62 bits per heavy atom. The Morgan fingerprint density at radius 1 is 1.25 bits per heavy atom. The molecule has 1 heterocycles. The Labute approximate surface area is 93.3 Å². The fourth-order valence-corrected chi connectivity index (χ4v) is 2.10. The monoisotopic (exact) mass is 227 g/mol. The van der Waals surface area contributed by atoms with Crippen LogP contribution in [0.5, 0.6) is 5.75 Å². The molecule has 88 valence electrons. The molecular formula is C12H15F2NO. The molecule has 0 amide bonds. The average molecular weight is 227 g/mol. The van der Waals surface area contributed by atoms with Crippen LogP contribution in [0.3, 0.4) is 0 Å². The Kier molecular flexibility index (Phi) is 3.10. The second-order valence-corrected chi connectivity index (χ2v) is 4.14. The fraction of sp³-hybridized carbons (Fsp3) is 0.500. The van der Waals surface area contributed by atoms with Gasteiger partial charge in [0.2, 0.25) is 0 Å². The number of nitrogens with one attached hydrogen (secondary N) is 1. The van der Waals surface area contributed by atoms with Crippen molar-refractivity contribution in [1.29, 1.82) is 0 Å². The Hall–Kier alpha value is -1.16. The van der Waals surface area contributed by atoms with Gasteiger partial charge >= 0.3 is 0 Å². The summed E-state index contributed by atoms with van der Waals surface area (Å²) in [5, 5.41) is 12.3. The SMILES string of the molecule is Oc1ccccc1C(F)(F)C1CCCCN1. The first-order valence-electron chi connectivity index (χ1n) is 5.52. The van der Waals surface area contributed by atoms with Crippen LogP contribution in [-0.4, -0.2) is 17.7 Å². The smallest absolute Gasteiger partial charge is 0.291 e. The molecule has 1 atom stereocenters. The molecule has 2 rings (SSSR count). The van der Waals surface area contributed by atoms with E-state index in [0.717, 1.165) is 12.8 Å². The molecule has 1 aliphatic rings. The Balaban J connectivity index is 2.26. The summed E-state index contributed by atoms with van der Waals surface area (Å²) in [6.07, 6.45) is 2.19. The number of hydrogen-bond donors (Lipinski definition) is 2. The van der Waals surface area contributed by atoms with E-state index in [9.17, 15) is 13.9 Å². The van der Waals surface area contributed by atoms with Crippen LogP contribution in [0.15, 0.2) is 24.3 Å². The van der Waals surface area contributed by atoms with Crippen LogP contribution in [0.25, 0.3) is 0 Å². The highest BCUT2D eigenvalue weighted by atomic mass is 19.3. The summed E-state index contributed by atoms with van der Waals surface area (Å²) in [5.41, 5.74) is -0.283. The molecule has 2 nitrogen and oxygen atoms in total. The van der Waals surface area contributed by atoms with Crippen molar-refractivity contribution in [1.82, 2.24) is 5.32 Å². The summed E-state index contributed by atoms with van der Waals surface area (Å²) in [7, 11) is 0. The number of aromatic hydroxyl groups is 1. The quantitative estimate of drug-likeness (QED) is 0.814. The van der Waals surface area contributed by atoms with Crippen molar-refractivity contribution in [2.75, 3.05) is 6.54 Å². The van der Waals surface area contributed by atoms with E-state index in [4.69, 9.17) is 0 Å². The van der Waals surface area contributed by atoms with E-state index in [0.29, 0.717) is 13.0 Å². The molecule has 0 saturated carbocycles. The summed E-state index contributed by atoms with van der Waals surface area (Å²) in [4.78, 5) is 0. The molecule has 1 aromatic rings. The molecule has 1 saturated heterocycles. The largest absolute Gasteiger partial charge is 0.507 e. The number of phenols is 1. The van der Waals surface area contributed by atoms with Gasteiger partial charge in [0, 0.05) is 0 Å². The third kappa shape index (κ3) is 2.02. The summed E-state index contributed by atoms with van der Waals surface area (Å²) in [5.74, 6) is -3.34. The van der Waals surface area contributed by atoms with Crippen LogP contribution in [0.2, 0.25) is 0 Å². The molecule has 0 aliphatic carbocycles. The van der Waals surface area contributed by atoms with E-state index in [1.54, 1.807) is 6.07 Å². The average Bonchev–Trinajstić information content (AvgIpc) is 2.30. The minimum Gasteiger partial charge on any atom is -0.507 e. The predicted octanol–water partition coefficient (Wildman–Crippen LogP) is 2.63. The standard InChI is InChI=1S/C12H15F2NO/c13-12(14,11-7-3-4-8-15-11)9-5-1-2-6-10(9)16/h1-2,5-6,11,15-16H,3-4,7-8H2. The number of hydrogen-bond acceptors (Lipinski definition) is 2. The molecule has 0 spiro atoms. The zero-order valence-corrected chi connectivity index (χ0v) is 8.92. The molecule has 0 radical (unpaired) electrons. The van der Waals surface area contributed by atoms with Crippen LogP contribution in [0.4, 0.5) is 8.78 Å². The second kappa shape index (κ2) is 4.37. The maximum Gasteiger partial charge on any atom is 0.291 e. The van der Waals surface area contributed by atoms with Crippen LogP contribution < -0.4 is 5.32 Å². The molecule has 2 N–H and O–H groups in total. The van der Waals surface area contributed by atoms with E-state index in [2.05, 4.69) is 5.32 Å². The van der Waals surface area contributed by atoms with Gasteiger partial charge in [-0.25, -0.2) is 0 Å². The van der Waals surface area contributed by atoms with Gasteiger partial charge in [0.05, 0.1) is 11.6 Å². The first kappa shape index (κ1) is 11.3. The molecule has 16 heavy (non-hydrogen) atoms. The number of phenolic OH excluding ortho intramolecular Hbond substituents is 1. The van der Waals surface area contributed by atoms with E-state index in [-0.39, 0.29) is 11.3 Å². The van der Waals surface area contributed by atoms with E-state index in [1.807, 2.05) is 0 Å². The lowest BCUT2D eigenvalue weighted by Gasteiger charge is -2.31. The van der Waals surface area contributed by atoms with Crippen LogP contribution >= 0.6 is 0 Å². The molecule has 1 fully saturated rings. The number of alkyl halides is 2. The highest BCUT2D eigenvalue weighted by Crippen LogP contribution is 2.39. The van der Waals surface area contributed by atoms with Gasteiger partial charge in [-0.15, -0.1) is 0 Å². The number of para-hydroxylation sites is 1. The third-order valence-corrected chi connectivity index (χ3v) is 3.01. The number of halogens is 2. The topological polar surface area (TPSA) is 32.3 Å². The lowest BCUT2D eigenvalue weighted by molar-refractivity contribution is -0.0528. The highest BCUT2D eigenvalue weighted by Gasteiger charge is 2.43.